The number of guanidine groups is 1. The van der Waals surface area contributed by atoms with E-state index >= 15 is 0 Å². The summed E-state index contributed by atoms with van der Waals surface area (Å²) in [6.07, 6.45) is 4.20. The van der Waals surface area contributed by atoms with Crippen LogP contribution in [0.25, 0.3) is 0 Å². The van der Waals surface area contributed by atoms with Crippen LogP contribution in [-0.2, 0) is 4.79 Å². The van der Waals surface area contributed by atoms with Crippen molar-refractivity contribution in [2.45, 2.75) is 77.0 Å². The highest BCUT2D eigenvalue weighted by Gasteiger charge is 2.31. The summed E-state index contributed by atoms with van der Waals surface area (Å²) in [5.41, 5.74) is 5.61. The zero-order valence-corrected chi connectivity index (χ0v) is 22.3. The Bertz CT molecular complexity index is 1230. The Labute approximate surface area is 225 Å². The third-order valence-electron chi connectivity index (χ3n) is 7.65. The molecule has 206 valence electrons. The largest absolute Gasteiger partial charge is 0.393 e. The Morgan fingerprint density at radius 1 is 1.24 bits per heavy atom. The monoisotopic (exact) mass is 549 g/mol. The number of nitrogens with one attached hydrogen (secondary N) is 2. The van der Waals surface area contributed by atoms with Gasteiger partial charge in [-0.15, -0.1) is 0 Å². The highest BCUT2D eigenvalue weighted by atomic mass is 35.5. The van der Waals surface area contributed by atoms with Crippen LogP contribution >= 0.6 is 11.6 Å². The Kier molecular flexibility index (Phi) is 8.67. The van der Waals surface area contributed by atoms with Crippen molar-refractivity contribution in [2.24, 2.45) is 27.6 Å². The smallest absolute Gasteiger partial charge is 0.224 e. The van der Waals surface area contributed by atoms with E-state index in [1.165, 1.54) is 0 Å². The maximum Gasteiger partial charge on any atom is 0.224 e. The summed E-state index contributed by atoms with van der Waals surface area (Å²) in [5, 5.41) is 16.1. The first-order valence-corrected chi connectivity index (χ1v) is 13.3. The number of aryl methyl sites for hydroxylation is 1. The number of hydrogen-bond acceptors (Lipinski definition) is 5. The highest BCUT2D eigenvalue weighted by Crippen LogP contribution is 2.40. The Morgan fingerprint density at radius 2 is 1.95 bits per heavy atom. The minimum Gasteiger partial charge on any atom is -0.393 e. The molecule has 4 rings (SSSR count). The molecule has 1 aromatic carbocycles. The predicted molar refractivity (Wildman–Crippen MR) is 144 cm³/mol. The number of aliphatic hydroxyl groups is 1. The lowest BCUT2D eigenvalue weighted by Gasteiger charge is -2.32. The molecule has 0 bridgehead atoms. The number of carbonyl (C=O) groups is 1. The lowest BCUT2D eigenvalue weighted by Crippen LogP contribution is -2.41. The fraction of sp³-hybridized carbons (Fsp3) is 0.538. The number of imidazole rings is 1. The lowest BCUT2D eigenvalue weighted by atomic mass is 9.85. The van der Waals surface area contributed by atoms with Crippen LogP contribution in [0.15, 0.2) is 22.1 Å². The van der Waals surface area contributed by atoms with Crippen molar-refractivity contribution in [3.63, 3.8) is 0 Å². The van der Waals surface area contributed by atoms with Gasteiger partial charge in [0, 0.05) is 18.0 Å². The van der Waals surface area contributed by atoms with Crippen LogP contribution in [0.1, 0.15) is 63.6 Å². The number of nitrogens with two attached hydrogens (primary N) is 1. The molecule has 9 nitrogen and oxygen atoms in total. The molecule has 0 radical (unpaired) electrons. The van der Waals surface area contributed by atoms with Gasteiger partial charge in [0.05, 0.1) is 16.8 Å². The van der Waals surface area contributed by atoms with Gasteiger partial charge in [-0.05, 0) is 76.6 Å². The SMILES string of the molecule is C=N/C(=N\c1c(C)nc(Nc2c(F)ccc(Cl)c2F)n1[C@H]1CC[C@@H](C(N)=O)CC1)N[C@@H]1CC[C@@H](C)[C@H](O)C1. The van der Waals surface area contributed by atoms with Crippen LogP contribution in [0, 0.1) is 30.4 Å². The average Bonchev–Trinajstić information content (AvgIpc) is 3.20. The summed E-state index contributed by atoms with van der Waals surface area (Å²) in [5.74, 6) is -1.19. The molecule has 1 aromatic heterocycles. The molecule has 0 saturated heterocycles. The molecule has 2 fully saturated rings. The molecule has 12 heteroatoms. The molecule has 0 aliphatic heterocycles. The first-order valence-electron chi connectivity index (χ1n) is 12.9. The summed E-state index contributed by atoms with van der Waals surface area (Å²) < 4.78 is 31.1. The normalized spacial score (nSPS) is 26.2. The Balaban J connectivity index is 1.71. The lowest BCUT2D eigenvalue weighted by molar-refractivity contribution is -0.122. The standard InChI is InChI=1S/C26H34ClF2N7O2/c1-13-4-7-16(12-20(13)37)33-25(31-3)35-24-14(2)32-26(34-22-19(28)11-10-18(27)21(22)29)36(24)17-8-5-15(6-9-17)23(30)38/h10-11,13,15-17,20,37H,3-9,12H2,1-2H3,(H2,30,38)(H,32,34)(H,33,35)/t13-,15-,16-,17+,20-/m1/s1. The fourth-order valence-electron chi connectivity index (χ4n) is 5.30. The van der Waals surface area contributed by atoms with Gasteiger partial charge < -0.3 is 21.5 Å². The average molecular weight is 550 g/mol. The molecule has 3 atom stereocenters. The van der Waals surface area contributed by atoms with Gasteiger partial charge in [-0.1, -0.05) is 18.5 Å². The van der Waals surface area contributed by atoms with Gasteiger partial charge in [0.25, 0.3) is 0 Å². The van der Waals surface area contributed by atoms with Gasteiger partial charge >= 0.3 is 0 Å². The number of aliphatic hydroxyl groups excluding tert-OH is 1. The number of halogens is 3. The second kappa shape index (κ2) is 11.8. The van der Waals surface area contributed by atoms with Gasteiger partial charge in [0.15, 0.2) is 11.6 Å². The van der Waals surface area contributed by atoms with E-state index in [1.807, 2.05) is 6.92 Å². The first kappa shape index (κ1) is 28.0. The van der Waals surface area contributed by atoms with E-state index in [0.717, 1.165) is 25.0 Å². The molecular weight excluding hydrogens is 516 g/mol. The van der Waals surface area contributed by atoms with Crippen LogP contribution in [0.5, 0.6) is 0 Å². The minimum atomic E-state index is -0.929. The summed E-state index contributed by atoms with van der Waals surface area (Å²) in [6.45, 7) is 7.42. The number of carbonyl (C=O) groups excluding carboxylic acids is 1. The van der Waals surface area contributed by atoms with Crippen molar-refractivity contribution < 1.29 is 18.7 Å². The zero-order chi connectivity index (χ0) is 27.6. The van der Waals surface area contributed by atoms with Gasteiger partial charge in [0.1, 0.15) is 11.5 Å². The number of rotatable bonds is 6. The van der Waals surface area contributed by atoms with Gasteiger partial charge in [-0.2, -0.15) is 4.99 Å². The topological polar surface area (TPSA) is 130 Å². The number of primary amides is 1. The van der Waals surface area contributed by atoms with E-state index in [1.54, 1.807) is 11.5 Å². The summed E-state index contributed by atoms with van der Waals surface area (Å²) in [7, 11) is 0. The summed E-state index contributed by atoms with van der Waals surface area (Å²) in [6, 6.07) is 2.03. The second-order valence-electron chi connectivity index (χ2n) is 10.3. The second-order valence-corrected chi connectivity index (χ2v) is 10.7. The van der Waals surface area contributed by atoms with Crippen molar-refractivity contribution in [1.82, 2.24) is 14.9 Å². The molecule has 0 unspecified atom stereocenters. The van der Waals surface area contributed by atoms with Crippen molar-refractivity contribution in [2.75, 3.05) is 5.32 Å². The molecule has 2 aromatic rings. The van der Waals surface area contributed by atoms with Gasteiger partial charge in [-0.3, -0.25) is 9.36 Å². The molecule has 2 aliphatic rings. The molecule has 2 aliphatic carbocycles. The Hall–Kier alpha value is -3.05. The third kappa shape index (κ3) is 5.99. The summed E-state index contributed by atoms with van der Waals surface area (Å²) >= 11 is 5.90. The zero-order valence-electron chi connectivity index (χ0n) is 21.6. The van der Waals surface area contributed by atoms with E-state index < -0.39 is 23.4 Å². The van der Waals surface area contributed by atoms with E-state index in [2.05, 4.69) is 27.3 Å². The van der Waals surface area contributed by atoms with Gasteiger partial charge in [0.2, 0.25) is 17.8 Å². The van der Waals surface area contributed by atoms with Crippen molar-refractivity contribution in [1.29, 1.82) is 0 Å². The van der Waals surface area contributed by atoms with Crippen molar-refractivity contribution in [3.8, 4) is 0 Å². The van der Waals surface area contributed by atoms with Crippen molar-refractivity contribution >= 4 is 47.6 Å². The maximum absolute atomic E-state index is 14.7. The van der Waals surface area contributed by atoms with Crippen LogP contribution in [-0.4, -0.2) is 45.4 Å². The molecule has 5 N–H and O–H groups in total. The number of aliphatic imine (C=N–C) groups is 2. The number of aromatic nitrogens is 2. The van der Waals surface area contributed by atoms with E-state index in [9.17, 15) is 18.7 Å². The number of hydrogen-bond donors (Lipinski definition) is 4. The predicted octanol–water partition coefficient (Wildman–Crippen LogP) is 4.91. The number of anilines is 2. The van der Waals surface area contributed by atoms with Crippen LogP contribution in [0.2, 0.25) is 5.02 Å². The van der Waals surface area contributed by atoms with E-state index in [4.69, 9.17) is 22.3 Å². The fourth-order valence-corrected chi connectivity index (χ4v) is 5.46. The maximum atomic E-state index is 14.7. The molecule has 1 amide bonds. The summed E-state index contributed by atoms with van der Waals surface area (Å²) in [4.78, 5) is 25.1. The van der Waals surface area contributed by atoms with Crippen molar-refractivity contribution in [3.05, 3.63) is 34.5 Å². The molecular formula is C26H34ClF2N7O2. The molecule has 0 spiro atoms. The number of amides is 1. The van der Waals surface area contributed by atoms with E-state index in [-0.39, 0.29) is 46.8 Å². The molecule has 2 saturated carbocycles. The molecule has 38 heavy (non-hydrogen) atoms. The number of nitrogens with zero attached hydrogens (tertiary/aromatic N) is 4. The van der Waals surface area contributed by atoms with Crippen LogP contribution in [0.3, 0.4) is 0 Å². The van der Waals surface area contributed by atoms with Crippen LogP contribution in [0.4, 0.5) is 26.2 Å². The quantitative estimate of drug-likeness (QED) is 0.231. The highest BCUT2D eigenvalue weighted by molar-refractivity contribution is 6.31. The first-order chi connectivity index (χ1) is 18.1. The molecule has 1 heterocycles. The van der Waals surface area contributed by atoms with Crippen LogP contribution < -0.4 is 16.4 Å². The van der Waals surface area contributed by atoms with E-state index in [0.29, 0.717) is 43.6 Å². The Morgan fingerprint density at radius 3 is 2.58 bits per heavy atom. The van der Waals surface area contributed by atoms with Gasteiger partial charge in [-0.25, -0.2) is 18.8 Å². The number of benzene rings is 1. The third-order valence-corrected chi connectivity index (χ3v) is 7.94. The minimum absolute atomic E-state index is 0.0274.